The monoisotopic (exact) mass is 620 g/mol. The van der Waals surface area contributed by atoms with Crippen LogP contribution in [0.4, 0.5) is 5.69 Å². The average Bonchev–Trinajstić information content (AvgIpc) is 3.52. The third kappa shape index (κ3) is 7.31. The molecule has 0 bridgehead atoms. The van der Waals surface area contributed by atoms with E-state index in [4.69, 9.17) is 5.11 Å². The second-order valence-electron chi connectivity index (χ2n) is 13.4. The van der Waals surface area contributed by atoms with E-state index in [0.717, 1.165) is 5.69 Å². The molecule has 0 aromatic heterocycles. The number of nitrogens with zero attached hydrogens (tertiary/aromatic N) is 3. The summed E-state index contributed by atoms with van der Waals surface area (Å²) < 4.78 is 0. The number of hydrogen-bond donors (Lipinski definition) is 1. The molecule has 1 N–H and O–H groups in total. The van der Waals surface area contributed by atoms with E-state index in [1.165, 1.54) is 43.4 Å². The van der Waals surface area contributed by atoms with Gasteiger partial charge < -0.3 is 4.90 Å². The molecule has 0 saturated carbocycles. The van der Waals surface area contributed by atoms with Crippen LogP contribution in [-0.2, 0) is 0 Å². The predicted molar refractivity (Wildman–Crippen MR) is 201 cm³/mol. The van der Waals surface area contributed by atoms with Crippen LogP contribution < -0.4 is 26.8 Å². The van der Waals surface area contributed by atoms with E-state index in [0.29, 0.717) is 12.1 Å². The van der Waals surface area contributed by atoms with Crippen molar-refractivity contribution in [3.05, 3.63) is 163 Å². The lowest BCUT2D eigenvalue weighted by molar-refractivity contribution is -0.899. The zero-order valence-electron chi connectivity index (χ0n) is 29.0. The number of aryl methyl sites for hydroxylation is 3. The number of nitrogens with one attached hydrogen (secondary N) is 1. The highest BCUT2D eigenvalue weighted by Crippen LogP contribution is 2.26. The second-order valence-corrected chi connectivity index (χ2v) is 13.4. The Labute approximate surface area is 282 Å². The maximum absolute atomic E-state index is 4.70. The fraction of sp³-hybridized carbons (Fsp3) is 0.238. The predicted octanol–water partition coefficient (Wildman–Crippen LogP) is 6.53. The Morgan fingerprint density at radius 3 is 1.32 bits per heavy atom. The molecular weight excluding hydrogens is 571 g/mol. The van der Waals surface area contributed by atoms with E-state index < -0.39 is 6.15 Å². The van der Waals surface area contributed by atoms with Crippen LogP contribution in [0.25, 0.3) is 0 Å². The molecule has 0 aliphatic carbocycles. The van der Waals surface area contributed by atoms with Gasteiger partial charge in [0.25, 0.3) is 6.29 Å². The molecule has 0 amide bonds. The van der Waals surface area contributed by atoms with E-state index in [-0.39, 0.29) is 6.29 Å². The molecule has 0 saturated heterocycles. The van der Waals surface area contributed by atoms with E-state index in [1.54, 1.807) is 0 Å². The van der Waals surface area contributed by atoms with E-state index in [1.807, 2.05) is 0 Å². The number of rotatable bonds is 8. The molecule has 1 aliphatic heterocycles. The van der Waals surface area contributed by atoms with Gasteiger partial charge >= 0.3 is 0 Å². The number of azo groups is 1. The summed E-state index contributed by atoms with van der Waals surface area (Å²) in [5.41, 5.74) is 10.0. The summed E-state index contributed by atoms with van der Waals surface area (Å²) in [6, 6.07) is 48.8. The largest absolute Gasteiger partial charge is 0.301 e. The molecule has 1 aliphatic rings. The van der Waals surface area contributed by atoms with Crippen LogP contribution in [0.5, 0.6) is 0 Å². The Balaban J connectivity index is 0.000000186. The molecule has 0 radical (unpaired) electrons. The summed E-state index contributed by atoms with van der Waals surface area (Å²) in [5.74, 6) is 0. The van der Waals surface area contributed by atoms with E-state index in [9.17, 15) is 0 Å². The fourth-order valence-electron chi connectivity index (χ4n) is 7.15. The van der Waals surface area contributed by atoms with Crippen LogP contribution in [0.2, 0.25) is 0 Å². The van der Waals surface area contributed by atoms with Crippen LogP contribution in [0.3, 0.4) is 0 Å². The lowest BCUT2D eigenvalue weighted by Gasteiger charge is -2.44. The Hall–Kier alpha value is -4.74. The molecule has 0 spiro atoms. The highest BCUT2D eigenvalue weighted by Gasteiger charge is 2.35. The summed E-state index contributed by atoms with van der Waals surface area (Å²) >= 11 is 0. The zero-order valence-corrected chi connectivity index (χ0v) is 29.0. The van der Waals surface area contributed by atoms with Crippen LogP contribution >= 0.6 is 0 Å². The topological polar surface area (TPSA) is 32.4 Å². The van der Waals surface area contributed by atoms with Crippen LogP contribution in [0, 0.1) is 20.8 Å². The Bertz CT molecular complexity index is 1560. The fourth-order valence-corrected chi connectivity index (χ4v) is 7.15. The molecule has 47 heavy (non-hydrogen) atoms. The van der Waals surface area contributed by atoms with Gasteiger partial charge in [-0.1, -0.05) is 139 Å². The highest BCUT2D eigenvalue weighted by atomic mass is 15.5. The molecule has 2 unspecified atom stereocenters. The Morgan fingerprint density at radius 1 is 0.596 bits per heavy atom. The van der Waals surface area contributed by atoms with Crippen LogP contribution in [0.1, 0.15) is 44.4 Å². The molecule has 6 rings (SSSR count). The average molecular weight is 621 g/mol. The van der Waals surface area contributed by atoms with Gasteiger partial charge in [0, 0.05) is 6.04 Å². The zero-order chi connectivity index (χ0) is 33.4. The van der Waals surface area contributed by atoms with Crippen molar-refractivity contribution in [2.24, 2.45) is 10.2 Å². The smallest absolute Gasteiger partial charge is 0.285 e. The quantitative estimate of drug-likeness (QED) is 0.155. The molecule has 5 aromatic rings. The number of hydrogen-bond acceptors (Lipinski definition) is 3. The van der Waals surface area contributed by atoms with Gasteiger partial charge in [-0.05, 0) is 59.6 Å². The normalized spacial score (nSPS) is 16.1. The van der Waals surface area contributed by atoms with Crippen molar-refractivity contribution >= 4 is 33.7 Å². The van der Waals surface area contributed by atoms with Crippen molar-refractivity contribution in [3.63, 3.8) is 0 Å². The van der Waals surface area contributed by atoms with Gasteiger partial charge in [0.05, 0.1) is 17.9 Å². The summed E-state index contributed by atoms with van der Waals surface area (Å²) in [6.45, 7) is 15.1. The van der Waals surface area contributed by atoms with Crippen molar-refractivity contribution in [2.45, 2.75) is 66.8 Å². The molecule has 5 aromatic carbocycles. The summed E-state index contributed by atoms with van der Waals surface area (Å²) in [4.78, 5) is 3.61. The molecular formula is C42H49BN4. The van der Waals surface area contributed by atoms with E-state index >= 15 is 0 Å². The maximum atomic E-state index is 4.70. The number of benzene rings is 5. The second kappa shape index (κ2) is 15.2. The van der Waals surface area contributed by atoms with Gasteiger partial charge in [0.1, 0.15) is 12.3 Å². The van der Waals surface area contributed by atoms with Crippen molar-refractivity contribution < 1.29 is 4.90 Å². The van der Waals surface area contributed by atoms with Gasteiger partial charge in [-0.3, -0.25) is 4.90 Å². The molecule has 5 heteroatoms. The summed E-state index contributed by atoms with van der Waals surface area (Å²) in [6.07, 6.45) is 3.16. The van der Waals surface area contributed by atoms with Gasteiger partial charge in [-0.15, -0.1) is 10.2 Å². The first-order valence-electron chi connectivity index (χ1n) is 16.9. The first kappa shape index (κ1) is 33.6. The lowest BCUT2D eigenvalue weighted by atomic mass is 9.13. The van der Waals surface area contributed by atoms with Crippen LogP contribution in [0.15, 0.2) is 156 Å². The Morgan fingerprint density at radius 2 is 0.979 bits per heavy atom. The minimum absolute atomic E-state index is 0.0279. The van der Waals surface area contributed by atoms with E-state index in [2.05, 4.69) is 204 Å². The van der Waals surface area contributed by atoms with Gasteiger partial charge in [0.2, 0.25) is 0 Å². The van der Waals surface area contributed by atoms with Crippen molar-refractivity contribution in [1.82, 2.24) is 4.90 Å². The summed E-state index contributed by atoms with van der Waals surface area (Å²) in [5, 5.41) is 9.32. The molecule has 2 atom stereocenters. The van der Waals surface area contributed by atoms with Crippen LogP contribution in [-0.4, -0.2) is 29.4 Å². The molecule has 0 fully saturated rings. The minimum atomic E-state index is -1.22. The standard InChI is InChI=1S/C24H20B.C18H28N4/c1-5-13-21(14-6-1)25(22-15-7-2-8-16-22,23-17-9-3-10-18-23)24-19-11-4-12-20-24;1-12(2)21-8-9-22(13(3)4)18(21)20-19-17-15(6)10-14(5)11-16(17)7/h1-20H;8-13,18H,1-7H3/q-1;/p+1/b;20-19+. The lowest BCUT2D eigenvalue weighted by Crippen LogP contribution is -3.14. The first-order valence-corrected chi connectivity index (χ1v) is 16.9. The first-order chi connectivity index (χ1) is 22.7. The third-order valence-electron chi connectivity index (χ3n) is 9.38. The minimum Gasteiger partial charge on any atom is -0.301 e. The van der Waals surface area contributed by atoms with Gasteiger partial charge in [-0.25, -0.2) is 0 Å². The highest BCUT2D eigenvalue weighted by molar-refractivity contribution is 7.19. The van der Waals surface area contributed by atoms with Crippen molar-refractivity contribution in [1.29, 1.82) is 0 Å². The van der Waals surface area contributed by atoms with Crippen molar-refractivity contribution in [2.75, 3.05) is 0 Å². The Kier molecular flexibility index (Phi) is 10.9. The van der Waals surface area contributed by atoms with Gasteiger partial charge in [-0.2, -0.15) is 21.9 Å². The SMILES string of the molecule is Cc1cc(C)c(/N=N/C2N(C(C)C)C=C[NH+]2C(C)C)c(C)c1.c1ccc([B-](c2ccccc2)(c2ccccc2)c2ccccc2)cc1. The van der Waals surface area contributed by atoms with Crippen molar-refractivity contribution in [3.8, 4) is 0 Å². The van der Waals surface area contributed by atoms with Gasteiger partial charge in [0.15, 0.2) is 0 Å². The third-order valence-corrected chi connectivity index (χ3v) is 9.38. The molecule has 240 valence electrons. The number of quaternary nitrogens is 1. The summed E-state index contributed by atoms with van der Waals surface area (Å²) in [7, 11) is 0. The molecule has 4 nitrogen and oxygen atoms in total. The maximum Gasteiger partial charge on any atom is 0.285 e. The molecule has 1 heterocycles.